The van der Waals surface area contributed by atoms with Crippen LogP contribution >= 0.6 is 0 Å². The van der Waals surface area contributed by atoms with Crippen molar-refractivity contribution < 1.29 is 9.59 Å². The van der Waals surface area contributed by atoms with Gasteiger partial charge in [-0.15, -0.1) is 6.58 Å². The fraction of sp³-hybridized carbons (Fsp3) is 0.333. The second-order valence-corrected chi connectivity index (χ2v) is 7.18. The van der Waals surface area contributed by atoms with Crippen LogP contribution in [0.25, 0.3) is 0 Å². The van der Waals surface area contributed by atoms with Gasteiger partial charge < -0.3 is 14.8 Å². The van der Waals surface area contributed by atoms with E-state index in [1.807, 2.05) is 34.1 Å². The monoisotopic (exact) mass is 349 g/mol. The minimum Gasteiger partial charge on any atom is -0.357 e. The quantitative estimate of drug-likeness (QED) is 0.863. The molecule has 2 aliphatic rings. The van der Waals surface area contributed by atoms with Crippen molar-refractivity contribution in [2.75, 3.05) is 26.2 Å². The molecular formula is C21H23N3O2. The summed E-state index contributed by atoms with van der Waals surface area (Å²) in [6, 6.07) is 13.7. The van der Waals surface area contributed by atoms with Crippen molar-refractivity contribution >= 4 is 11.8 Å². The van der Waals surface area contributed by atoms with Crippen LogP contribution in [0.2, 0.25) is 0 Å². The zero-order valence-corrected chi connectivity index (χ0v) is 14.7. The minimum absolute atomic E-state index is 0.0185. The van der Waals surface area contributed by atoms with Gasteiger partial charge >= 0.3 is 0 Å². The van der Waals surface area contributed by atoms with Crippen molar-refractivity contribution in [1.82, 2.24) is 14.8 Å². The van der Waals surface area contributed by atoms with Crippen LogP contribution in [0.4, 0.5) is 0 Å². The van der Waals surface area contributed by atoms with Gasteiger partial charge in [-0.3, -0.25) is 9.59 Å². The van der Waals surface area contributed by atoms with Crippen LogP contribution < -0.4 is 0 Å². The number of amides is 2. The molecule has 5 heteroatoms. The van der Waals surface area contributed by atoms with E-state index in [0.717, 1.165) is 18.5 Å². The number of H-pyrrole nitrogens is 1. The zero-order valence-electron chi connectivity index (χ0n) is 14.7. The Bertz CT molecular complexity index is 815. The molecular weight excluding hydrogens is 326 g/mol. The molecule has 2 saturated heterocycles. The van der Waals surface area contributed by atoms with E-state index < -0.39 is 5.41 Å². The molecule has 0 aliphatic carbocycles. The SMILES string of the molecule is C=CCN1CC[C@@]2(CN(C(=O)c3ccc[nH]3)C[C@@H]2c2ccccc2)C1=O. The molecule has 0 bridgehead atoms. The third kappa shape index (κ3) is 2.55. The highest BCUT2D eigenvalue weighted by Gasteiger charge is 2.57. The first-order valence-electron chi connectivity index (χ1n) is 9.03. The second kappa shape index (κ2) is 6.48. The molecule has 1 N–H and O–H groups in total. The molecule has 1 aromatic heterocycles. The summed E-state index contributed by atoms with van der Waals surface area (Å²) in [6.45, 7) is 6.08. The zero-order chi connectivity index (χ0) is 18.1. The predicted octanol–water partition coefficient (Wildman–Crippen LogP) is 2.66. The van der Waals surface area contributed by atoms with Crippen molar-refractivity contribution in [2.45, 2.75) is 12.3 Å². The lowest BCUT2D eigenvalue weighted by molar-refractivity contribution is -0.135. The van der Waals surface area contributed by atoms with E-state index in [9.17, 15) is 9.59 Å². The van der Waals surface area contributed by atoms with E-state index in [2.05, 4.69) is 23.7 Å². The number of likely N-dealkylation sites (tertiary alicyclic amines) is 2. The Hall–Kier alpha value is -2.82. The summed E-state index contributed by atoms with van der Waals surface area (Å²) in [6.07, 6.45) is 4.29. The lowest BCUT2D eigenvalue weighted by Gasteiger charge is -2.28. The van der Waals surface area contributed by atoms with Crippen LogP contribution in [0.1, 0.15) is 28.4 Å². The van der Waals surface area contributed by atoms with Gasteiger partial charge in [0.2, 0.25) is 5.91 Å². The molecule has 1 spiro atoms. The molecule has 0 radical (unpaired) electrons. The molecule has 26 heavy (non-hydrogen) atoms. The van der Waals surface area contributed by atoms with Gasteiger partial charge in [-0.2, -0.15) is 0 Å². The highest BCUT2D eigenvalue weighted by atomic mass is 16.2. The third-order valence-electron chi connectivity index (χ3n) is 5.75. The maximum absolute atomic E-state index is 13.3. The summed E-state index contributed by atoms with van der Waals surface area (Å²) in [5.41, 5.74) is 1.16. The highest BCUT2D eigenvalue weighted by molar-refractivity contribution is 5.94. The van der Waals surface area contributed by atoms with Crippen LogP contribution in [0, 0.1) is 5.41 Å². The van der Waals surface area contributed by atoms with E-state index in [1.165, 1.54) is 0 Å². The average Bonchev–Trinajstić information content (AvgIpc) is 3.39. The van der Waals surface area contributed by atoms with Crippen LogP contribution in [-0.4, -0.2) is 52.8 Å². The van der Waals surface area contributed by atoms with Gasteiger partial charge in [-0.25, -0.2) is 0 Å². The number of benzene rings is 1. The van der Waals surface area contributed by atoms with Crippen molar-refractivity contribution in [3.63, 3.8) is 0 Å². The first-order chi connectivity index (χ1) is 12.7. The molecule has 2 atom stereocenters. The van der Waals surface area contributed by atoms with E-state index in [1.54, 1.807) is 18.3 Å². The van der Waals surface area contributed by atoms with Gasteiger partial charge in [0.15, 0.2) is 0 Å². The number of carbonyl (C=O) groups excluding carboxylic acids is 2. The number of aromatic amines is 1. The minimum atomic E-state index is -0.535. The second-order valence-electron chi connectivity index (χ2n) is 7.18. The van der Waals surface area contributed by atoms with E-state index in [4.69, 9.17) is 0 Å². The molecule has 134 valence electrons. The first kappa shape index (κ1) is 16.6. The van der Waals surface area contributed by atoms with Crippen molar-refractivity contribution in [3.05, 3.63) is 72.6 Å². The Labute approximate surface area is 153 Å². The highest BCUT2D eigenvalue weighted by Crippen LogP contribution is 2.50. The summed E-state index contributed by atoms with van der Waals surface area (Å²) >= 11 is 0. The molecule has 3 heterocycles. The standard InChI is InChI=1S/C21H23N3O2/c1-2-12-23-13-10-21(20(23)26)15-24(19(25)18-9-6-11-22-18)14-17(21)16-7-4-3-5-8-16/h2-9,11,17,22H,1,10,12-15H2/t17-,21+/m1/s1. The molecule has 2 amide bonds. The molecule has 1 aromatic carbocycles. The van der Waals surface area contributed by atoms with E-state index in [0.29, 0.717) is 25.3 Å². The van der Waals surface area contributed by atoms with Gasteiger partial charge in [0, 0.05) is 38.3 Å². The number of rotatable bonds is 4. The number of hydrogen-bond donors (Lipinski definition) is 1. The molecule has 2 fully saturated rings. The number of aromatic nitrogens is 1. The van der Waals surface area contributed by atoms with Gasteiger partial charge in [-0.1, -0.05) is 36.4 Å². The Kier molecular flexibility index (Phi) is 4.15. The van der Waals surface area contributed by atoms with Crippen molar-refractivity contribution in [3.8, 4) is 0 Å². The lowest BCUT2D eigenvalue weighted by atomic mass is 9.73. The largest absolute Gasteiger partial charge is 0.357 e. The van der Waals surface area contributed by atoms with E-state index in [-0.39, 0.29) is 17.7 Å². The Morgan fingerprint density at radius 1 is 1.27 bits per heavy atom. The lowest BCUT2D eigenvalue weighted by Crippen LogP contribution is -2.40. The predicted molar refractivity (Wildman–Crippen MR) is 99.7 cm³/mol. The van der Waals surface area contributed by atoms with Crippen LogP contribution in [0.15, 0.2) is 61.3 Å². The maximum Gasteiger partial charge on any atom is 0.270 e. The molecule has 0 saturated carbocycles. The Morgan fingerprint density at radius 2 is 2.08 bits per heavy atom. The van der Waals surface area contributed by atoms with E-state index >= 15 is 0 Å². The van der Waals surface area contributed by atoms with Crippen LogP contribution in [-0.2, 0) is 4.79 Å². The fourth-order valence-electron chi connectivity index (χ4n) is 4.47. The third-order valence-corrected chi connectivity index (χ3v) is 5.75. The Balaban J connectivity index is 1.69. The molecule has 0 unspecified atom stereocenters. The van der Waals surface area contributed by atoms with Crippen molar-refractivity contribution in [2.24, 2.45) is 5.41 Å². The van der Waals surface area contributed by atoms with Gasteiger partial charge in [0.05, 0.1) is 5.41 Å². The molecule has 4 rings (SSSR count). The average molecular weight is 349 g/mol. The number of nitrogens with zero attached hydrogens (tertiary/aromatic N) is 2. The normalized spacial score (nSPS) is 25.2. The van der Waals surface area contributed by atoms with Gasteiger partial charge in [0.25, 0.3) is 5.91 Å². The summed E-state index contributed by atoms with van der Waals surface area (Å²) in [4.78, 5) is 32.9. The molecule has 5 nitrogen and oxygen atoms in total. The number of carbonyl (C=O) groups is 2. The molecule has 2 aliphatic heterocycles. The summed E-state index contributed by atoms with van der Waals surface area (Å²) in [5, 5.41) is 0. The summed E-state index contributed by atoms with van der Waals surface area (Å²) in [7, 11) is 0. The summed E-state index contributed by atoms with van der Waals surface area (Å²) < 4.78 is 0. The summed E-state index contributed by atoms with van der Waals surface area (Å²) in [5.74, 6) is 0.126. The fourth-order valence-corrected chi connectivity index (χ4v) is 4.47. The van der Waals surface area contributed by atoms with Gasteiger partial charge in [-0.05, 0) is 24.1 Å². The first-order valence-corrected chi connectivity index (χ1v) is 9.03. The Morgan fingerprint density at radius 3 is 2.77 bits per heavy atom. The molecule has 2 aromatic rings. The number of hydrogen-bond acceptors (Lipinski definition) is 2. The maximum atomic E-state index is 13.3. The van der Waals surface area contributed by atoms with Crippen LogP contribution in [0.5, 0.6) is 0 Å². The smallest absolute Gasteiger partial charge is 0.270 e. The van der Waals surface area contributed by atoms with Crippen LogP contribution in [0.3, 0.4) is 0 Å². The van der Waals surface area contributed by atoms with Crippen molar-refractivity contribution in [1.29, 1.82) is 0 Å². The topological polar surface area (TPSA) is 56.4 Å². The number of nitrogens with one attached hydrogen (secondary N) is 1. The van der Waals surface area contributed by atoms with Gasteiger partial charge in [0.1, 0.15) is 5.69 Å².